The molecule has 0 bridgehead atoms. The van der Waals surface area contributed by atoms with E-state index in [0.717, 1.165) is 11.6 Å². The Kier molecular flexibility index (Phi) is 7.18. The molecule has 142 valence electrons. The Morgan fingerprint density at radius 3 is 2.67 bits per heavy atom. The summed E-state index contributed by atoms with van der Waals surface area (Å²) in [6.07, 6.45) is 1.70. The van der Waals surface area contributed by atoms with Gasteiger partial charge in [-0.2, -0.15) is 0 Å². The summed E-state index contributed by atoms with van der Waals surface area (Å²) < 4.78 is 10.0. The Morgan fingerprint density at radius 1 is 1.22 bits per heavy atom. The molecule has 0 aliphatic carbocycles. The van der Waals surface area contributed by atoms with Gasteiger partial charge in [-0.05, 0) is 36.1 Å². The number of hydrogen-bond acceptors (Lipinski definition) is 7. The molecular formula is C18H18N2O6S. The maximum Gasteiger partial charge on any atom is 0.338 e. The zero-order valence-electron chi connectivity index (χ0n) is 14.8. The molecular weight excluding hydrogens is 372 g/mol. The number of ether oxygens (including phenoxy) is 2. The number of methoxy groups -OCH3 is 1. The maximum atomic E-state index is 12.0. The smallest absolute Gasteiger partial charge is 0.338 e. The molecule has 0 aromatic heterocycles. The van der Waals surface area contributed by atoms with E-state index in [4.69, 9.17) is 9.47 Å². The average Bonchev–Trinajstić information content (AvgIpc) is 2.69. The third-order valence-corrected chi connectivity index (χ3v) is 4.35. The highest BCUT2D eigenvalue weighted by atomic mass is 32.2. The predicted octanol–water partition coefficient (Wildman–Crippen LogP) is 2.80. The van der Waals surface area contributed by atoms with Gasteiger partial charge in [0.2, 0.25) is 0 Å². The van der Waals surface area contributed by atoms with Crippen molar-refractivity contribution in [3.05, 3.63) is 63.7 Å². The number of esters is 1. The number of hydrogen-bond donors (Lipinski definition) is 1. The number of nitrogens with one attached hydrogen (secondary N) is 1. The van der Waals surface area contributed by atoms with E-state index in [1.807, 2.05) is 6.07 Å². The molecule has 0 unspecified atom stereocenters. The quantitative estimate of drug-likeness (QED) is 0.319. The number of rotatable bonds is 8. The minimum absolute atomic E-state index is 0.0140. The van der Waals surface area contributed by atoms with Gasteiger partial charge in [0.1, 0.15) is 5.75 Å². The lowest BCUT2D eigenvalue weighted by atomic mass is 10.2. The lowest BCUT2D eigenvalue weighted by Crippen LogP contribution is -2.28. The van der Waals surface area contributed by atoms with Crippen molar-refractivity contribution < 1.29 is 24.0 Å². The van der Waals surface area contributed by atoms with Crippen LogP contribution in [0.5, 0.6) is 5.75 Å². The van der Waals surface area contributed by atoms with Gasteiger partial charge in [0.25, 0.3) is 11.6 Å². The summed E-state index contributed by atoms with van der Waals surface area (Å²) in [5.74, 6) is -0.618. The molecule has 2 rings (SSSR count). The van der Waals surface area contributed by atoms with E-state index in [0.29, 0.717) is 10.6 Å². The molecule has 0 atom stereocenters. The topological polar surface area (TPSA) is 108 Å². The molecule has 0 saturated carbocycles. The van der Waals surface area contributed by atoms with Crippen LogP contribution in [0.3, 0.4) is 0 Å². The van der Waals surface area contributed by atoms with Crippen LogP contribution in [0.25, 0.3) is 0 Å². The summed E-state index contributed by atoms with van der Waals surface area (Å²) in [6.45, 7) is -0.234. The summed E-state index contributed by atoms with van der Waals surface area (Å²) in [6, 6.07) is 11.2. The fraction of sp³-hybridized carbons (Fsp3) is 0.222. The lowest BCUT2D eigenvalue weighted by Gasteiger charge is -2.08. The number of nitro groups is 1. The number of nitrogens with zero attached hydrogens (tertiary/aromatic N) is 1. The zero-order valence-corrected chi connectivity index (χ0v) is 15.6. The summed E-state index contributed by atoms with van der Waals surface area (Å²) in [5, 5.41) is 13.7. The Hall–Kier alpha value is -3.07. The summed E-state index contributed by atoms with van der Waals surface area (Å²) in [4.78, 5) is 34.8. The lowest BCUT2D eigenvalue weighted by molar-refractivity contribution is -0.387. The van der Waals surface area contributed by atoms with Gasteiger partial charge in [0, 0.05) is 12.6 Å². The first kappa shape index (κ1) is 20.2. The van der Waals surface area contributed by atoms with Crippen LogP contribution in [0.2, 0.25) is 0 Å². The fourth-order valence-electron chi connectivity index (χ4n) is 2.21. The van der Waals surface area contributed by atoms with Crippen molar-refractivity contribution in [3.8, 4) is 5.75 Å². The monoisotopic (exact) mass is 390 g/mol. The Bertz CT molecular complexity index is 855. The number of carbonyl (C=O) groups is 2. The summed E-state index contributed by atoms with van der Waals surface area (Å²) in [5.41, 5.74) is 0.664. The minimum Gasteiger partial charge on any atom is -0.497 e. The first-order chi connectivity index (χ1) is 12.9. The Balaban J connectivity index is 1.90. The van der Waals surface area contributed by atoms with Crippen LogP contribution in [0.4, 0.5) is 5.69 Å². The van der Waals surface area contributed by atoms with Crippen LogP contribution in [-0.4, -0.2) is 36.8 Å². The van der Waals surface area contributed by atoms with Gasteiger partial charge in [-0.25, -0.2) is 4.79 Å². The van der Waals surface area contributed by atoms with Gasteiger partial charge in [-0.15, -0.1) is 11.8 Å². The number of benzene rings is 2. The number of nitro benzene ring substituents is 1. The molecule has 0 radical (unpaired) electrons. The van der Waals surface area contributed by atoms with E-state index >= 15 is 0 Å². The highest BCUT2D eigenvalue weighted by Crippen LogP contribution is 2.28. The molecule has 1 amide bonds. The van der Waals surface area contributed by atoms with Crippen LogP contribution in [0, 0.1) is 10.1 Å². The molecule has 0 spiro atoms. The molecule has 0 saturated heterocycles. The number of amides is 1. The number of carbonyl (C=O) groups excluding carboxylic acids is 2. The molecule has 0 fully saturated rings. The molecule has 2 aromatic carbocycles. The van der Waals surface area contributed by atoms with Crippen molar-refractivity contribution in [2.24, 2.45) is 0 Å². The Labute approximate surface area is 160 Å². The van der Waals surface area contributed by atoms with E-state index in [9.17, 15) is 19.7 Å². The van der Waals surface area contributed by atoms with Crippen molar-refractivity contribution in [2.75, 3.05) is 20.0 Å². The second kappa shape index (κ2) is 9.58. The largest absolute Gasteiger partial charge is 0.497 e. The van der Waals surface area contributed by atoms with Gasteiger partial charge in [-0.1, -0.05) is 12.1 Å². The Morgan fingerprint density at radius 2 is 2.00 bits per heavy atom. The predicted molar refractivity (Wildman–Crippen MR) is 100 cm³/mol. The first-order valence-electron chi connectivity index (χ1n) is 7.83. The normalized spacial score (nSPS) is 10.1. The average molecular weight is 390 g/mol. The van der Waals surface area contributed by atoms with Crippen molar-refractivity contribution in [1.29, 1.82) is 0 Å². The van der Waals surface area contributed by atoms with Crippen molar-refractivity contribution >= 4 is 29.3 Å². The summed E-state index contributed by atoms with van der Waals surface area (Å²) in [7, 11) is 1.55. The van der Waals surface area contributed by atoms with E-state index in [1.54, 1.807) is 31.6 Å². The van der Waals surface area contributed by atoms with Crippen LogP contribution in [0.1, 0.15) is 15.9 Å². The van der Waals surface area contributed by atoms with Gasteiger partial charge < -0.3 is 14.8 Å². The molecule has 2 aromatic rings. The molecule has 0 aliphatic rings. The fourth-order valence-corrected chi connectivity index (χ4v) is 2.75. The van der Waals surface area contributed by atoms with Gasteiger partial charge in [-0.3, -0.25) is 14.9 Å². The number of thioether (sulfide) groups is 1. The van der Waals surface area contributed by atoms with E-state index < -0.39 is 23.4 Å². The molecule has 27 heavy (non-hydrogen) atoms. The van der Waals surface area contributed by atoms with Crippen LogP contribution in [0.15, 0.2) is 47.4 Å². The van der Waals surface area contributed by atoms with Crippen molar-refractivity contribution in [1.82, 2.24) is 5.32 Å². The second-order valence-electron chi connectivity index (χ2n) is 5.35. The van der Waals surface area contributed by atoms with Gasteiger partial charge >= 0.3 is 5.97 Å². The molecule has 9 heteroatoms. The van der Waals surface area contributed by atoms with E-state index in [1.165, 1.54) is 23.9 Å². The molecule has 0 aliphatic heterocycles. The van der Waals surface area contributed by atoms with E-state index in [-0.39, 0.29) is 17.8 Å². The maximum absolute atomic E-state index is 12.0. The SMILES string of the molecule is COc1cccc(CNC(=O)COC(=O)c2ccc(SC)c([N+](=O)[O-])c2)c1. The highest BCUT2D eigenvalue weighted by Gasteiger charge is 2.18. The van der Waals surface area contributed by atoms with Crippen molar-refractivity contribution in [2.45, 2.75) is 11.4 Å². The highest BCUT2D eigenvalue weighted by molar-refractivity contribution is 7.98. The van der Waals surface area contributed by atoms with E-state index in [2.05, 4.69) is 5.32 Å². The van der Waals surface area contributed by atoms with Crippen LogP contribution < -0.4 is 10.1 Å². The minimum atomic E-state index is -0.803. The van der Waals surface area contributed by atoms with Gasteiger partial charge in [0.15, 0.2) is 6.61 Å². The third-order valence-electron chi connectivity index (χ3n) is 3.57. The third kappa shape index (κ3) is 5.71. The zero-order chi connectivity index (χ0) is 19.8. The van der Waals surface area contributed by atoms with Crippen LogP contribution >= 0.6 is 11.8 Å². The second-order valence-corrected chi connectivity index (χ2v) is 6.20. The molecule has 8 nitrogen and oxygen atoms in total. The standard InChI is InChI=1S/C18H18N2O6S/c1-25-14-5-3-4-12(8-14)10-19-17(21)11-26-18(22)13-6-7-16(27-2)15(9-13)20(23)24/h3-9H,10-11H2,1-2H3,(H,19,21). The molecule has 1 N–H and O–H groups in total. The van der Waals surface area contributed by atoms with Crippen LogP contribution in [-0.2, 0) is 16.1 Å². The van der Waals surface area contributed by atoms with Gasteiger partial charge in [0.05, 0.1) is 22.5 Å². The molecule has 0 heterocycles. The van der Waals surface area contributed by atoms with Crippen molar-refractivity contribution in [3.63, 3.8) is 0 Å². The summed E-state index contributed by atoms with van der Waals surface area (Å²) >= 11 is 1.20. The first-order valence-corrected chi connectivity index (χ1v) is 9.06.